The minimum absolute atomic E-state index is 0.0430. The molecule has 1 N–H and O–H groups in total. The molecular weight excluding hydrogens is 431 g/mol. The summed E-state index contributed by atoms with van der Waals surface area (Å²) in [6.07, 6.45) is -4.40. The maximum absolute atomic E-state index is 13.3. The van der Waals surface area contributed by atoms with E-state index < -0.39 is 33.0 Å². The standard InChI is InChI=1S/C21H18F3N3O3S/c1-3-16-17(13-6-8-14(9-7-13)20(26-27-20)21(22,23)24)19(25-18(16)28)31(29,30)15-10-4-12(2)5-11-15/h4-11,19H,3H2,1-2H3,(H,25,28). The molecule has 1 atom stereocenters. The molecule has 0 aromatic heterocycles. The van der Waals surface area contributed by atoms with Crippen LogP contribution in [0.3, 0.4) is 0 Å². The van der Waals surface area contributed by atoms with Crippen molar-refractivity contribution in [1.29, 1.82) is 0 Å². The highest BCUT2D eigenvalue weighted by Crippen LogP contribution is 2.52. The van der Waals surface area contributed by atoms with E-state index in [2.05, 4.69) is 15.5 Å². The van der Waals surface area contributed by atoms with Crippen molar-refractivity contribution in [3.63, 3.8) is 0 Å². The molecule has 1 unspecified atom stereocenters. The molecule has 2 aliphatic heterocycles. The Morgan fingerprint density at radius 2 is 1.61 bits per heavy atom. The van der Waals surface area contributed by atoms with Crippen molar-refractivity contribution in [3.05, 3.63) is 70.8 Å². The molecule has 4 rings (SSSR count). The van der Waals surface area contributed by atoms with Gasteiger partial charge >= 0.3 is 11.8 Å². The van der Waals surface area contributed by atoms with Gasteiger partial charge in [0.15, 0.2) is 5.37 Å². The fraction of sp³-hybridized carbons (Fsp3) is 0.286. The van der Waals surface area contributed by atoms with Gasteiger partial charge in [0.1, 0.15) is 0 Å². The summed E-state index contributed by atoms with van der Waals surface area (Å²) in [6.45, 7) is 3.53. The molecule has 162 valence electrons. The first-order valence-corrected chi connectivity index (χ1v) is 11.0. The van der Waals surface area contributed by atoms with Crippen molar-refractivity contribution in [2.75, 3.05) is 0 Å². The lowest BCUT2D eigenvalue weighted by atomic mass is 9.96. The Morgan fingerprint density at radius 3 is 2.10 bits per heavy atom. The van der Waals surface area contributed by atoms with Crippen LogP contribution in [0.5, 0.6) is 0 Å². The van der Waals surface area contributed by atoms with Crippen molar-refractivity contribution in [2.24, 2.45) is 10.2 Å². The van der Waals surface area contributed by atoms with Crippen LogP contribution in [0.2, 0.25) is 0 Å². The van der Waals surface area contributed by atoms with E-state index in [0.29, 0.717) is 5.56 Å². The molecule has 0 saturated carbocycles. The van der Waals surface area contributed by atoms with E-state index in [1.165, 1.54) is 36.4 Å². The number of rotatable bonds is 5. The Balaban J connectivity index is 1.76. The van der Waals surface area contributed by atoms with E-state index in [9.17, 15) is 26.4 Å². The van der Waals surface area contributed by atoms with Crippen LogP contribution in [0.25, 0.3) is 5.57 Å². The molecule has 2 aromatic rings. The first-order chi connectivity index (χ1) is 14.5. The molecule has 0 fully saturated rings. The van der Waals surface area contributed by atoms with Gasteiger partial charge in [0.05, 0.1) is 4.90 Å². The first kappa shape index (κ1) is 21.2. The monoisotopic (exact) mass is 449 g/mol. The second-order valence-electron chi connectivity index (χ2n) is 7.40. The summed E-state index contributed by atoms with van der Waals surface area (Å²) in [5.74, 6) is -0.513. The quantitative estimate of drug-likeness (QED) is 0.740. The van der Waals surface area contributed by atoms with Crippen LogP contribution < -0.4 is 5.32 Å². The predicted molar refractivity (Wildman–Crippen MR) is 107 cm³/mol. The number of halogens is 3. The van der Waals surface area contributed by atoms with Crippen LogP contribution in [0.4, 0.5) is 13.2 Å². The van der Waals surface area contributed by atoms with Gasteiger partial charge in [-0.05, 0) is 31.0 Å². The lowest BCUT2D eigenvalue weighted by Crippen LogP contribution is -2.36. The van der Waals surface area contributed by atoms with Crippen LogP contribution in [-0.2, 0) is 20.3 Å². The minimum atomic E-state index is -4.66. The topological polar surface area (TPSA) is 88.0 Å². The van der Waals surface area contributed by atoms with Crippen LogP contribution in [0, 0.1) is 6.92 Å². The van der Waals surface area contributed by atoms with Gasteiger partial charge in [-0.25, -0.2) is 8.42 Å². The van der Waals surface area contributed by atoms with E-state index >= 15 is 0 Å². The van der Waals surface area contributed by atoms with Gasteiger partial charge < -0.3 is 5.32 Å². The van der Waals surface area contributed by atoms with Crippen LogP contribution >= 0.6 is 0 Å². The summed E-state index contributed by atoms with van der Waals surface area (Å²) in [4.78, 5) is 12.5. The third kappa shape index (κ3) is 3.34. The molecule has 2 aromatic carbocycles. The van der Waals surface area contributed by atoms with Crippen molar-refractivity contribution in [1.82, 2.24) is 5.32 Å². The summed E-state index contributed by atoms with van der Waals surface area (Å²) < 4.78 is 66.3. The number of aryl methyl sites for hydroxylation is 1. The summed E-state index contributed by atoms with van der Waals surface area (Å²) in [5, 5.41) is 7.53. The second-order valence-corrected chi connectivity index (χ2v) is 9.44. The van der Waals surface area contributed by atoms with Gasteiger partial charge in [-0.2, -0.15) is 13.2 Å². The van der Waals surface area contributed by atoms with Crippen molar-refractivity contribution in [3.8, 4) is 0 Å². The van der Waals surface area contributed by atoms with Gasteiger partial charge in [0, 0.05) is 16.7 Å². The van der Waals surface area contributed by atoms with Crippen LogP contribution in [0.15, 0.2) is 69.2 Å². The first-order valence-electron chi connectivity index (χ1n) is 9.47. The van der Waals surface area contributed by atoms with E-state index in [0.717, 1.165) is 5.56 Å². The summed E-state index contributed by atoms with van der Waals surface area (Å²) >= 11 is 0. The van der Waals surface area contributed by atoms with E-state index in [1.807, 2.05) is 6.92 Å². The summed E-state index contributed by atoms with van der Waals surface area (Å²) in [7, 11) is -3.98. The van der Waals surface area contributed by atoms with Gasteiger partial charge in [0.25, 0.3) is 0 Å². The molecule has 2 aliphatic rings. The molecule has 10 heteroatoms. The van der Waals surface area contributed by atoms with Gasteiger partial charge in [-0.3, -0.25) is 4.79 Å². The largest absolute Gasteiger partial charge is 0.442 e. The number of amides is 1. The van der Waals surface area contributed by atoms with Gasteiger partial charge in [-0.15, -0.1) is 10.2 Å². The molecule has 0 saturated heterocycles. The normalized spacial score (nSPS) is 20.2. The number of carbonyl (C=O) groups is 1. The Kier molecular flexibility index (Phi) is 4.80. The molecule has 0 aliphatic carbocycles. The maximum atomic E-state index is 13.3. The molecule has 1 amide bonds. The summed E-state index contributed by atoms with van der Waals surface area (Å²) in [6, 6.07) is 11.4. The average Bonchev–Trinajstić information content (AvgIpc) is 3.47. The molecule has 6 nitrogen and oxygen atoms in total. The number of nitrogens with zero attached hydrogens (tertiary/aromatic N) is 2. The highest BCUT2D eigenvalue weighted by Gasteiger charge is 2.65. The average molecular weight is 449 g/mol. The molecule has 0 bridgehead atoms. The Hall–Kier alpha value is -3.01. The van der Waals surface area contributed by atoms with E-state index in [4.69, 9.17) is 0 Å². The molecule has 31 heavy (non-hydrogen) atoms. The van der Waals surface area contributed by atoms with E-state index in [1.54, 1.807) is 19.1 Å². The lowest BCUT2D eigenvalue weighted by Gasteiger charge is -2.18. The van der Waals surface area contributed by atoms with Crippen molar-refractivity contribution >= 4 is 21.3 Å². The van der Waals surface area contributed by atoms with Crippen molar-refractivity contribution in [2.45, 2.75) is 42.4 Å². The van der Waals surface area contributed by atoms with Gasteiger partial charge in [-0.1, -0.05) is 48.9 Å². The Labute approximate surface area is 176 Å². The highest BCUT2D eigenvalue weighted by atomic mass is 32.2. The SMILES string of the molecule is CCC1=C(c2ccc(C3(C(F)(F)F)N=N3)cc2)C(S(=O)(=O)c2ccc(C)cc2)NC1=O. The summed E-state index contributed by atoms with van der Waals surface area (Å²) in [5.41, 5.74) is -0.991. The zero-order valence-corrected chi connectivity index (χ0v) is 17.4. The number of alkyl halides is 3. The minimum Gasteiger partial charge on any atom is -0.332 e. The third-order valence-corrected chi connectivity index (χ3v) is 7.33. The fourth-order valence-electron chi connectivity index (χ4n) is 3.66. The zero-order valence-electron chi connectivity index (χ0n) is 16.6. The molecule has 2 heterocycles. The maximum Gasteiger partial charge on any atom is 0.442 e. The number of hydrogen-bond donors (Lipinski definition) is 1. The number of benzene rings is 2. The van der Waals surface area contributed by atoms with Crippen LogP contribution in [-0.4, -0.2) is 25.9 Å². The highest BCUT2D eigenvalue weighted by molar-refractivity contribution is 7.92. The Morgan fingerprint density at radius 1 is 1.03 bits per heavy atom. The van der Waals surface area contributed by atoms with E-state index in [-0.39, 0.29) is 28.0 Å². The number of carbonyl (C=O) groups excluding carboxylic acids is 1. The number of sulfone groups is 1. The molecule has 0 radical (unpaired) electrons. The smallest absolute Gasteiger partial charge is 0.332 e. The zero-order chi connectivity index (χ0) is 22.6. The Bertz CT molecular complexity index is 1210. The number of nitrogens with one attached hydrogen (secondary N) is 1. The molecular formula is C21H18F3N3O3S. The number of hydrogen-bond acceptors (Lipinski definition) is 5. The van der Waals surface area contributed by atoms with Gasteiger partial charge in [0.2, 0.25) is 15.7 Å². The van der Waals surface area contributed by atoms with Crippen LogP contribution in [0.1, 0.15) is 30.0 Å². The lowest BCUT2D eigenvalue weighted by molar-refractivity contribution is -0.166. The fourth-order valence-corrected chi connectivity index (χ4v) is 5.30. The van der Waals surface area contributed by atoms with Crippen molar-refractivity contribution < 1.29 is 26.4 Å². The third-order valence-electron chi connectivity index (χ3n) is 5.43. The molecule has 0 spiro atoms. The second kappa shape index (κ2) is 7.01. The predicted octanol–water partition coefficient (Wildman–Crippen LogP) is 4.27.